The summed E-state index contributed by atoms with van der Waals surface area (Å²) in [6, 6.07) is 16.2. The number of allylic oxidation sites excluding steroid dienone is 2. The van der Waals surface area contributed by atoms with Crippen molar-refractivity contribution < 1.29 is 14.3 Å². The third-order valence-electron chi connectivity index (χ3n) is 6.02. The highest BCUT2D eigenvalue weighted by Crippen LogP contribution is 2.18. The Bertz CT molecular complexity index is 967. The van der Waals surface area contributed by atoms with E-state index >= 15 is 0 Å². The lowest BCUT2D eigenvalue weighted by Gasteiger charge is -2.28. The number of nitrogens with zero attached hydrogens (tertiary/aromatic N) is 2. The second-order valence-electron chi connectivity index (χ2n) is 8.15. The zero-order valence-electron chi connectivity index (χ0n) is 19.9. The number of carbonyl (C=O) groups is 2. The van der Waals surface area contributed by atoms with Crippen LogP contribution in [-0.4, -0.2) is 51.0 Å². The summed E-state index contributed by atoms with van der Waals surface area (Å²) in [5.41, 5.74) is 4.19. The molecule has 5 heteroatoms. The third-order valence-corrected chi connectivity index (χ3v) is 6.02. The van der Waals surface area contributed by atoms with Gasteiger partial charge in [0.15, 0.2) is 11.6 Å². The Morgan fingerprint density at radius 1 is 0.879 bits per heavy atom. The van der Waals surface area contributed by atoms with Crippen LogP contribution in [0.5, 0.6) is 0 Å². The summed E-state index contributed by atoms with van der Waals surface area (Å²) in [6.45, 7) is 11.1. The molecule has 2 aromatic rings. The summed E-state index contributed by atoms with van der Waals surface area (Å²) < 4.78 is 5.39. The van der Waals surface area contributed by atoms with E-state index in [1.54, 1.807) is 19.1 Å². The largest absolute Gasteiger partial charge is 0.378 e. The van der Waals surface area contributed by atoms with Gasteiger partial charge in [-0.1, -0.05) is 36.4 Å². The van der Waals surface area contributed by atoms with E-state index in [0.717, 1.165) is 61.9 Å². The maximum atomic E-state index is 12.5. The average Bonchev–Trinajstić information content (AvgIpc) is 2.87. The zero-order valence-corrected chi connectivity index (χ0v) is 19.9. The van der Waals surface area contributed by atoms with Crippen LogP contribution in [0.25, 0.3) is 12.2 Å². The van der Waals surface area contributed by atoms with E-state index < -0.39 is 5.92 Å². The molecule has 1 aliphatic heterocycles. The van der Waals surface area contributed by atoms with Crippen molar-refractivity contribution in [3.8, 4) is 0 Å². The van der Waals surface area contributed by atoms with Gasteiger partial charge in [-0.3, -0.25) is 9.59 Å². The third kappa shape index (κ3) is 6.90. The average molecular weight is 447 g/mol. The molecule has 1 saturated heterocycles. The standard InChI is InChI=1S/C28H34N2O3/c1-4-29(5-2)25-12-6-23(7-13-25)10-16-27(31)22(3)28(32)17-11-24-8-14-26(15-9-24)30-18-20-33-21-19-30/h6-17,22H,4-5,18-21H2,1-3H3/b16-10+,17-11+. The normalized spacial score (nSPS) is 15.2. The summed E-state index contributed by atoms with van der Waals surface area (Å²) in [6.07, 6.45) is 6.54. The SMILES string of the molecule is CCN(CC)c1ccc(/C=C/C(=O)C(C)C(=O)/C=C/c2ccc(N3CCOCC3)cc2)cc1. The van der Waals surface area contributed by atoms with Crippen molar-refractivity contribution in [3.05, 3.63) is 71.8 Å². The summed E-state index contributed by atoms with van der Waals surface area (Å²) >= 11 is 0. The summed E-state index contributed by atoms with van der Waals surface area (Å²) in [7, 11) is 0. The van der Waals surface area contributed by atoms with E-state index in [2.05, 4.69) is 47.9 Å². The van der Waals surface area contributed by atoms with Gasteiger partial charge in [0, 0.05) is 37.6 Å². The predicted octanol–water partition coefficient (Wildman–Crippen LogP) is 4.87. The van der Waals surface area contributed by atoms with Crippen LogP contribution in [0.15, 0.2) is 60.7 Å². The van der Waals surface area contributed by atoms with Crippen LogP contribution in [0.1, 0.15) is 31.9 Å². The van der Waals surface area contributed by atoms with Crippen LogP contribution in [0, 0.1) is 5.92 Å². The second kappa shape index (κ2) is 12.2. The Kier molecular flexibility index (Phi) is 9.02. The topological polar surface area (TPSA) is 49.9 Å². The predicted molar refractivity (Wildman–Crippen MR) is 137 cm³/mol. The van der Waals surface area contributed by atoms with Gasteiger partial charge in [-0.15, -0.1) is 0 Å². The molecular formula is C28H34N2O3. The minimum atomic E-state index is -0.708. The van der Waals surface area contributed by atoms with Gasteiger partial charge in [-0.2, -0.15) is 0 Å². The lowest BCUT2D eigenvalue weighted by Crippen LogP contribution is -2.36. The van der Waals surface area contributed by atoms with Gasteiger partial charge in [0.25, 0.3) is 0 Å². The van der Waals surface area contributed by atoms with Gasteiger partial charge in [-0.05, 0) is 68.3 Å². The highest BCUT2D eigenvalue weighted by Gasteiger charge is 2.16. The maximum Gasteiger partial charge on any atom is 0.166 e. The molecule has 1 unspecified atom stereocenters. The molecule has 174 valence electrons. The molecule has 0 spiro atoms. The number of morpholine rings is 1. The fraction of sp³-hybridized carbons (Fsp3) is 0.357. The van der Waals surface area contributed by atoms with Gasteiger partial charge < -0.3 is 14.5 Å². The highest BCUT2D eigenvalue weighted by molar-refractivity contribution is 6.13. The minimum Gasteiger partial charge on any atom is -0.378 e. The van der Waals surface area contributed by atoms with Crippen molar-refractivity contribution in [2.24, 2.45) is 5.92 Å². The van der Waals surface area contributed by atoms with E-state index in [0.29, 0.717) is 0 Å². The van der Waals surface area contributed by atoms with Gasteiger partial charge in [0.05, 0.1) is 19.1 Å². The van der Waals surface area contributed by atoms with Crippen molar-refractivity contribution >= 4 is 35.1 Å². The number of hydrogen-bond donors (Lipinski definition) is 0. The Morgan fingerprint density at radius 2 is 1.36 bits per heavy atom. The van der Waals surface area contributed by atoms with Crippen LogP contribution in [0.3, 0.4) is 0 Å². The van der Waals surface area contributed by atoms with Crippen molar-refractivity contribution in [2.75, 3.05) is 49.2 Å². The van der Waals surface area contributed by atoms with Gasteiger partial charge in [-0.25, -0.2) is 0 Å². The molecule has 1 fully saturated rings. The first-order chi connectivity index (χ1) is 16.0. The summed E-state index contributed by atoms with van der Waals surface area (Å²) in [5.74, 6) is -1.10. The maximum absolute atomic E-state index is 12.5. The second-order valence-corrected chi connectivity index (χ2v) is 8.15. The first-order valence-electron chi connectivity index (χ1n) is 11.7. The number of ether oxygens (including phenoxy) is 1. The van der Waals surface area contributed by atoms with Crippen molar-refractivity contribution in [3.63, 3.8) is 0 Å². The molecule has 33 heavy (non-hydrogen) atoms. The van der Waals surface area contributed by atoms with Crippen LogP contribution in [0.2, 0.25) is 0 Å². The fourth-order valence-corrected chi connectivity index (χ4v) is 3.79. The molecule has 0 amide bonds. The van der Waals surface area contributed by atoms with Crippen LogP contribution in [0.4, 0.5) is 11.4 Å². The van der Waals surface area contributed by atoms with Gasteiger partial charge in [0.1, 0.15) is 0 Å². The quantitative estimate of drug-likeness (QED) is 0.385. The molecule has 0 aliphatic carbocycles. The van der Waals surface area contributed by atoms with E-state index in [9.17, 15) is 9.59 Å². The van der Waals surface area contributed by atoms with Crippen LogP contribution in [-0.2, 0) is 14.3 Å². The lowest BCUT2D eigenvalue weighted by molar-refractivity contribution is -0.126. The zero-order chi connectivity index (χ0) is 23.6. The Morgan fingerprint density at radius 3 is 1.85 bits per heavy atom. The fourth-order valence-electron chi connectivity index (χ4n) is 3.79. The Hall–Kier alpha value is -3.18. The molecule has 0 bridgehead atoms. The number of rotatable bonds is 10. The monoisotopic (exact) mass is 446 g/mol. The molecule has 0 radical (unpaired) electrons. The smallest absolute Gasteiger partial charge is 0.166 e. The first-order valence-corrected chi connectivity index (χ1v) is 11.7. The summed E-state index contributed by atoms with van der Waals surface area (Å²) in [5, 5.41) is 0. The molecule has 1 aliphatic rings. The molecule has 1 heterocycles. The van der Waals surface area contributed by atoms with Crippen LogP contribution < -0.4 is 9.80 Å². The Labute approximate surface area is 197 Å². The number of hydrogen-bond acceptors (Lipinski definition) is 5. The van der Waals surface area contributed by atoms with Gasteiger partial charge in [0.2, 0.25) is 0 Å². The molecule has 0 N–H and O–H groups in total. The molecular weight excluding hydrogens is 412 g/mol. The number of benzene rings is 2. The molecule has 5 nitrogen and oxygen atoms in total. The van der Waals surface area contributed by atoms with Crippen molar-refractivity contribution in [1.29, 1.82) is 0 Å². The van der Waals surface area contributed by atoms with E-state index in [-0.39, 0.29) is 11.6 Å². The number of ketones is 2. The van der Waals surface area contributed by atoms with E-state index in [1.807, 2.05) is 24.3 Å². The highest BCUT2D eigenvalue weighted by atomic mass is 16.5. The summed E-state index contributed by atoms with van der Waals surface area (Å²) in [4.78, 5) is 29.5. The molecule has 0 aromatic heterocycles. The first kappa shape index (κ1) is 24.5. The van der Waals surface area contributed by atoms with Crippen LogP contribution >= 0.6 is 0 Å². The van der Waals surface area contributed by atoms with E-state index in [1.165, 1.54) is 12.2 Å². The molecule has 0 saturated carbocycles. The lowest BCUT2D eigenvalue weighted by atomic mass is 9.99. The van der Waals surface area contributed by atoms with E-state index in [4.69, 9.17) is 4.74 Å². The minimum absolute atomic E-state index is 0.194. The van der Waals surface area contributed by atoms with Crippen molar-refractivity contribution in [1.82, 2.24) is 0 Å². The molecule has 3 rings (SSSR count). The number of carbonyl (C=O) groups excluding carboxylic acids is 2. The molecule has 2 aromatic carbocycles. The number of anilines is 2. The van der Waals surface area contributed by atoms with Crippen molar-refractivity contribution in [2.45, 2.75) is 20.8 Å². The van der Waals surface area contributed by atoms with Gasteiger partial charge >= 0.3 is 0 Å². The molecule has 1 atom stereocenters. The Balaban J connectivity index is 1.54.